The van der Waals surface area contributed by atoms with Crippen LogP contribution in [-0.4, -0.2) is 35.7 Å². The highest BCUT2D eigenvalue weighted by Gasteiger charge is 2.24. The number of amides is 3. The number of urea groups is 1. The number of nitrogens with zero attached hydrogens (tertiary/aromatic N) is 2. The summed E-state index contributed by atoms with van der Waals surface area (Å²) >= 11 is 1.36. The molecule has 126 valence electrons. The summed E-state index contributed by atoms with van der Waals surface area (Å²) < 4.78 is 4.57. The van der Waals surface area contributed by atoms with Crippen molar-refractivity contribution in [3.8, 4) is 0 Å². The van der Waals surface area contributed by atoms with E-state index in [1.54, 1.807) is 4.90 Å². The molecule has 0 unspecified atom stereocenters. The minimum Gasteiger partial charge on any atom is -0.453 e. The number of methoxy groups -OCH3 is 1. The smallest absolute Gasteiger partial charge is 0.413 e. The van der Waals surface area contributed by atoms with Crippen molar-refractivity contribution in [2.45, 2.75) is 19.9 Å². The molecule has 1 aliphatic heterocycles. The molecule has 0 bridgehead atoms. The summed E-state index contributed by atoms with van der Waals surface area (Å²) in [7, 11) is 1.31. The number of thiazole rings is 1. The molecule has 1 aromatic heterocycles. The molecule has 0 spiro atoms. The Balaban J connectivity index is 1.67. The van der Waals surface area contributed by atoms with E-state index in [2.05, 4.69) is 20.4 Å². The third-order valence-corrected chi connectivity index (χ3v) is 4.80. The molecule has 2 N–H and O–H groups in total. The van der Waals surface area contributed by atoms with Gasteiger partial charge in [-0.25, -0.2) is 14.6 Å². The molecule has 3 rings (SSSR count). The second-order valence-electron chi connectivity index (χ2n) is 5.42. The highest BCUT2D eigenvalue weighted by Crippen LogP contribution is 2.28. The molecular formula is C16H18N4O3S. The van der Waals surface area contributed by atoms with Crippen LogP contribution in [0, 0.1) is 6.92 Å². The lowest BCUT2D eigenvalue weighted by molar-refractivity contribution is 0.187. The molecule has 0 aliphatic carbocycles. The minimum atomic E-state index is -0.546. The van der Waals surface area contributed by atoms with Crippen molar-refractivity contribution in [3.05, 3.63) is 40.4 Å². The predicted molar refractivity (Wildman–Crippen MR) is 92.5 cm³/mol. The Hall–Kier alpha value is -2.61. The van der Waals surface area contributed by atoms with Crippen LogP contribution in [0.3, 0.4) is 0 Å². The SMILES string of the molecule is COC(=O)Nc1nc2c(s1)CN(C(=O)Nc1ccccc1C)CC2. The second-order valence-corrected chi connectivity index (χ2v) is 6.51. The Morgan fingerprint density at radius 2 is 2.08 bits per heavy atom. The summed E-state index contributed by atoms with van der Waals surface area (Å²) in [5.41, 5.74) is 2.75. The third kappa shape index (κ3) is 3.48. The van der Waals surface area contributed by atoms with E-state index in [1.807, 2.05) is 31.2 Å². The zero-order valence-electron chi connectivity index (χ0n) is 13.5. The number of nitrogens with one attached hydrogen (secondary N) is 2. The van der Waals surface area contributed by atoms with Gasteiger partial charge in [-0.15, -0.1) is 0 Å². The standard InChI is InChI=1S/C16H18N4O3S/c1-10-5-3-4-6-11(10)18-15(21)20-8-7-12-13(9-20)24-14(17-12)19-16(22)23-2/h3-6H,7-9H2,1-2H3,(H,18,21)(H,17,19,22). The zero-order chi connectivity index (χ0) is 17.1. The van der Waals surface area contributed by atoms with Gasteiger partial charge in [0, 0.05) is 23.5 Å². The fourth-order valence-electron chi connectivity index (χ4n) is 2.47. The first-order chi connectivity index (χ1) is 11.6. The third-order valence-electron chi connectivity index (χ3n) is 3.80. The monoisotopic (exact) mass is 346 g/mol. The Kier molecular flexibility index (Phi) is 4.66. The molecule has 2 aromatic rings. The van der Waals surface area contributed by atoms with E-state index >= 15 is 0 Å². The van der Waals surface area contributed by atoms with E-state index in [9.17, 15) is 9.59 Å². The van der Waals surface area contributed by atoms with Crippen LogP contribution in [0.5, 0.6) is 0 Å². The van der Waals surface area contributed by atoms with Crippen LogP contribution in [0.2, 0.25) is 0 Å². The summed E-state index contributed by atoms with van der Waals surface area (Å²) in [6, 6.07) is 7.53. The van der Waals surface area contributed by atoms with Crippen LogP contribution in [0.1, 0.15) is 16.1 Å². The number of ether oxygens (including phenoxy) is 1. The maximum Gasteiger partial charge on any atom is 0.413 e. The van der Waals surface area contributed by atoms with Gasteiger partial charge < -0.3 is 15.0 Å². The number of carbonyl (C=O) groups excluding carboxylic acids is 2. The van der Waals surface area contributed by atoms with Gasteiger partial charge in [-0.05, 0) is 18.6 Å². The highest BCUT2D eigenvalue weighted by atomic mass is 32.1. The lowest BCUT2D eigenvalue weighted by atomic mass is 10.2. The van der Waals surface area contributed by atoms with Gasteiger partial charge in [0.1, 0.15) is 0 Å². The largest absolute Gasteiger partial charge is 0.453 e. The fourth-order valence-corrected chi connectivity index (χ4v) is 3.48. The second kappa shape index (κ2) is 6.88. The molecule has 0 fully saturated rings. The van der Waals surface area contributed by atoms with Gasteiger partial charge in [-0.1, -0.05) is 29.5 Å². The van der Waals surface area contributed by atoms with Gasteiger partial charge in [0.25, 0.3) is 0 Å². The quantitative estimate of drug-likeness (QED) is 0.874. The van der Waals surface area contributed by atoms with E-state index < -0.39 is 6.09 Å². The molecule has 3 amide bonds. The first kappa shape index (κ1) is 16.3. The number of para-hydroxylation sites is 1. The molecule has 24 heavy (non-hydrogen) atoms. The first-order valence-corrected chi connectivity index (χ1v) is 8.33. The predicted octanol–water partition coefficient (Wildman–Crippen LogP) is 3.22. The maximum atomic E-state index is 12.5. The number of aryl methyl sites for hydroxylation is 1. The van der Waals surface area contributed by atoms with Gasteiger partial charge in [-0.2, -0.15) is 0 Å². The number of rotatable bonds is 2. The number of aromatic nitrogens is 1. The van der Waals surface area contributed by atoms with Gasteiger partial charge in [0.2, 0.25) is 0 Å². The Morgan fingerprint density at radius 1 is 1.29 bits per heavy atom. The normalized spacial score (nSPS) is 13.2. The van der Waals surface area contributed by atoms with Crippen LogP contribution in [0.15, 0.2) is 24.3 Å². The molecule has 0 saturated carbocycles. The van der Waals surface area contributed by atoms with Crippen LogP contribution in [-0.2, 0) is 17.7 Å². The molecular weight excluding hydrogens is 328 g/mol. The summed E-state index contributed by atoms with van der Waals surface area (Å²) in [6.45, 7) is 3.03. The summed E-state index contributed by atoms with van der Waals surface area (Å²) in [4.78, 5) is 30.8. The maximum absolute atomic E-state index is 12.5. The van der Waals surface area contributed by atoms with Crippen LogP contribution >= 0.6 is 11.3 Å². The van der Waals surface area contributed by atoms with Crippen molar-refractivity contribution < 1.29 is 14.3 Å². The fraction of sp³-hybridized carbons (Fsp3) is 0.312. The Bertz CT molecular complexity index is 774. The van der Waals surface area contributed by atoms with Crippen LogP contribution < -0.4 is 10.6 Å². The van der Waals surface area contributed by atoms with Crippen molar-refractivity contribution in [1.29, 1.82) is 0 Å². The zero-order valence-corrected chi connectivity index (χ0v) is 14.3. The number of benzene rings is 1. The van der Waals surface area contributed by atoms with Gasteiger partial charge in [0.05, 0.1) is 19.3 Å². The summed E-state index contributed by atoms with van der Waals surface area (Å²) in [5, 5.41) is 6.00. The number of carbonyl (C=O) groups is 2. The minimum absolute atomic E-state index is 0.133. The lowest BCUT2D eigenvalue weighted by Gasteiger charge is -2.26. The molecule has 8 heteroatoms. The summed E-state index contributed by atoms with van der Waals surface area (Å²) in [5.74, 6) is 0. The molecule has 0 atom stereocenters. The molecule has 2 heterocycles. The molecule has 1 aliphatic rings. The number of hydrogen-bond donors (Lipinski definition) is 2. The van der Waals surface area contributed by atoms with E-state index in [-0.39, 0.29) is 6.03 Å². The van der Waals surface area contributed by atoms with Crippen molar-refractivity contribution in [2.75, 3.05) is 24.3 Å². The highest BCUT2D eigenvalue weighted by molar-refractivity contribution is 7.15. The Labute approximate surface area is 143 Å². The van der Waals surface area contributed by atoms with Crippen molar-refractivity contribution in [3.63, 3.8) is 0 Å². The topological polar surface area (TPSA) is 83.6 Å². The average molecular weight is 346 g/mol. The van der Waals surface area contributed by atoms with Crippen molar-refractivity contribution in [2.24, 2.45) is 0 Å². The van der Waals surface area contributed by atoms with E-state index in [0.717, 1.165) is 21.8 Å². The molecule has 1 aromatic carbocycles. The van der Waals surface area contributed by atoms with Crippen LogP contribution in [0.25, 0.3) is 0 Å². The summed E-state index contributed by atoms with van der Waals surface area (Å²) in [6.07, 6.45) is 0.117. The van der Waals surface area contributed by atoms with E-state index in [0.29, 0.717) is 24.6 Å². The molecule has 0 saturated heterocycles. The van der Waals surface area contributed by atoms with Gasteiger partial charge in [0.15, 0.2) is 5.13 Å². The Morgan fingerprint density at radius 3 is 2.83 bits per heavy atom. The van der Waals surface area contributed by atoms with Crippen molar-refractivity contribution >= 4 is 34.3 Å². The molecule has 7 nitrogen and oxygen atoms in total. The lowest BCUT2D eigenvalue weighted by Crippen LogP contribution is -2.38. The van der Waals surface area contributed by atoms with Crippen molar-refractivity contribution in [1.82, 2.24) is 9.88 Å². The number of anilines is 2. The van der Waals surface area contributed by atoms with Gasteiger partial charge >= 0.3 is 12.1 Å². The van der Waals surface area contributed by atoms with E-state index in [1.165, 1.54) is 18.4 Å². The first-order valence-electron chi connectivity index (χ1n) is 7.52. The molecule has 0 radical (unpaired) electrons. The average Bonchev–Trinajstić information content (AvgIpc) is 2.97. The van der Waals surface area contributed by atoms with Crippen LogP contribution in [0.4, 0.5) is 20.4 Å². The van der Waals surface area contributed by atoms with Gasteiger partial charge in [-0.3, -0.25) is 5.32 Å². The number of hydrogen-bond acceptors (Lipinski definition) is 5. The number of fused-ring (bicyclic) bond motifs is 1. The van der Waals surface area contributed by atoms with E-state index in [4.69, 9.17) is 0 Å².